The highest BCUT2D eigenvalue weighted by atomic mass is 32.2. The molecule has 0 aliphatic heterocycles. The molecule has 0 radical (unpaired) electrons. The summed E-state index contributed by atoms with van der Waals surface area (Å²) in [7, 11) is -4.84. The Morgan fingerprint density at radius 3 is 2.42 bits per heavy atom. The molecule has 6 N–H and O–H groups in total. The molecule has 0 aliphatic rings. The van der Waals surface area contributed by atoms with Crippen molar-refractivity contribution in [3.8, 4) is 22.5 Å². The van der Waals surface area contributed by atoms with Gasteiger partial charge in [0.1, 0.15) is 4.90 Å². The first-order chi connectivity index (χ1) is 14.5. The Kier molecular flexibility index (Phi) is 4.55. The third-order valence-corrected chi connectivity index (χ3v) is 5.54. The summed E-state index contributed by atoms with van der Waals surface area (Å²) in [5.41, 5.74) is 4.06. The third kappa shape index (κ3) is 3.62. The summed E-state index contributed by atoms with van der Waals surface area (Å²) in [5.74, 6) is -0.595. The zero-order valence-electron chi connectivity index (χ0n) is 15.3. The van der Waals surface area contributed by atoms with Gasteiger partial charge in [0.05, 0.1) is 11.1 Å². The highest BCUT2D eigenvalue weighted by Gasteiger charge is 2.39. The van der Waals surface area contributed by atoms with E-state index in [0.29, 0.717) is 22.4 Å². The van der Waals surface area contributed by atoms with E-state index in [2.05, 4.69) is 20.6 Å². The fourth-order valence-electron chi connectivity index (χ4n) is 3.28. The number of alkyl halides is 3. The molecule has 0 aliphatic carbocycles. The lowest BCUT2D eigenvalue weighted by molar-refractivity contribution is -0.139. The average molecular weight is 450 g/mol. The number of nitrogen functional groups attached to an aromatic ring is 1. The van der Waals surface area contributed by atoms with E-state index in [4.69, 9.17) is 16.3 Å². The minimum Gasteiger partial charge on any atom is -0.369 e. The Morgan fingerprint density at radius 1 is 1.13 bits per heavy atom. The van der Waals surface area contributed by atoms with Gasteiger partial charge in [-0.2, -0.15) is 18.4 Å². The standard InChI is InChI=1S/C17H13F3N8O2S/c18-17(19,20)12-4-3-11(13(14(12)31(23,29)30)15-24-26-27-25-15)8-1-2-9-6-28(16(21)22)7-10(9)5-8/h1-7H,(H3,21,22)(H2,23,29,30)(H,24,25,26,27). The van der Waals surface area contributed by atoms with Crippen LogP contribution in [0.25, 0.3) is 33.3 Å². The van der Waals surface area contributed by atoms with Gasteiger partial charge in [0.25, 0.3) is 0 Å². The number of hydrogen-bond donors (Lipinski definition) is 4. The summed E-state index contributed by atoms with van der Waals surface area (Å²) in [6.45, 7) is 0. The van der Waals surface area contributed by atoms with Crippen molar-refractivity contribution >= 4 is 26.8 Å². The molecule has 0 saturated carbocycles. The predicted octanol–water partition coefficient (Wildman–Crippen LogP) is 1.90. The third-order valence-electron chi connectivity index (χ3n) is 4.55. The monoisotopic (exact) mass is 450 g/mol. The number of benzene rings is 2. The Hall–Kier alpha value is -3.78. The number of nitrogens with zero attached hydrogens (tertiary/aromatic N) is 4. The van der Waals surface area contributed by atoms with E-state index in [1.54, 1.807) is 30.6 Å². The molecule has 0 unspecified atom stereocenters. The number of aromatic amines is 1. The largest absolute Gasteiger partial charge is 0.417 e. The van der Waals surface area contributed by atoms with Gasteiger partial charge in [-0.3, -0.25) is 9.98 Å². The van der Waals surface area contributed by atoms with Crippen molar-refractivity contribution in [3.63, 3.8) is 0 Å². The Bertz CT molecular complexity index is 1430. The SMILES string of the molecule is N=C(N)n1cc2ccc(-c3ccc(C(F)(F)F)c(S(N)(=O)=O)c3-c3nn[nH]n3)cc2c1. The van der Waals surface area contributed by atoms with Crippen LogP contribution < -0.4 is 10.9 Å². The molecule has 31 heavy (non-hydrogen) atoms. The van der Waals surface area contributed by atoms with E-state index in [1.807, 2.05) is 0 Å². The second-order valence-electron chi connectivity index (χ2n) is 6.54. The maximum Gasteiger partial charge on any atom is 0.417 e. The first kappa shape index (κ1) is 20.5. The molecule has 4 aromatic rings. The molecule has 0 atom stereocenters. The van der Waals surface area contributed by atoms with Gasteiger partial charge in [-0.1, -0.05) is 18.2 Å². The number of H-pyrrole nitrogens is 1. The van der Waals surface area contributed by atoms with Crippen LogP contribution in [0.5, 0.6) is 0 Å². The molecule has 0 spiro atoms. The van der Waals surface area contributed by atoms with E-state index in [-0.39, 0.29) is 17.3 Å². The number of nitrogens with two attached hydrogens (primary N) is 2. The lowest BCUT2D eigenvalue weighted by atomic mass is 9.95. The van der Waals surface area contributed by atoms with E-state index in [9.17, 15) is 21.6 Å². The summed E-state index contributed by atoms with van der Waals surface area (Å²) >= 11 is 0. The minimum atomic E-state index is -5.00. The molecular formula is C17H13F3N8O2S. The van der Waals surface area contributed by atoms with Crippen molar-refractivity contribution in [2.75, 3.05) is 0 Å². The van der Waals surface area contributed by atoms with Crippen LogP contribution in [0.3, 0.4) is 0 Å². The van der Waals surface area contributed by atoms with Crippen molar-refractivity contribution in [3.05, 3.63) is 48.3 Å². The second-order valence-corrected chi connectivity index (χ2v) is 8.04. The molecule has 10 nitrogen and oxygen atoms in total. The molecule has 0 saturated heterocycles. The first-order valence-electron chi connectivity index (χ1n) is 8.44. The van der Waals surface area contributed by atoms with Gasteiger partial charge in [0, 0.05) is 17.8 Å². The Morgan fingerprint density at radius 2 is 1.84 bits per heavy atom. The van der Waals surface area contributed by atoms with Crippen molar-refractivity contribution in [2.24, 2.45) is 10.9 Å². The highest BCUT2D eigenvalue weighted by Crippen LogP contribution is 2.43. The smallest absolute Gasteiger partial charge is 0.369 e. The van der Waals surface area contributed by atoms with Gasteiger partial charge in [-0.25, -0.2) is 13.6 Å². The normalized spacial score (nSPS) is 12.4. The summed E-state index contributed by atoms with van der Waals surface area (Å²) in [6.07, 6.45) is -1.84. The second kappa shape index (κ2) is 6.88. The molecule has 2 aromatic carbocycles. The summed E-state index contributed by atoms with van der Waals surface area (Å²) in [6, 6.07) is 6.59. The number of fused-ring (bicyclic) bond motifs is 1. The molecule has 2 aromatic heterocycles. The number of rotatable bonds is 3. The topological polar surface area (TPSA) is 169 Å². The lowest BCUT2D eigenvalue weighted by Gasteiger charge is -2.17. The van der Waals surface area contributed by atoms with Gasteiger partial charge < -0.3 is 5.73 Å². The van der Waals surface area contributed by atoms with Gasteiger partial charge in [0.2, 0.25) is 15.8 Å². The number of tetrazole rings is 1. The molecule has 0 amide bonds. The number of halogens is 3. The number of nitrogens with one attached hydrogen (secondary N) is 2. The molecule has 0 fully saturated rings. The lowest BCUT2D eigenvalue weighted by Crippen LogP contribution is -2.21. The highest BCUT2D eigenvalue weighted by molar-refractivity contribution is 7.89. The van der Waals surface area contributed by atoms with Crippen LogP contribution in [-0.4, -0.2) is 39.6 Å². The van der Waals surface area contributed by atoms with Gasteiger partial charge in [0.15, 0.2) is 5.96 Å². The van der Waals surface area contributed by atoms with Crippen molar-refractivity contribution in [1.82, 2.24) is 25.2 Å². The minimum absolute atomic E-state index is 0.0934. The predicted molar refractivity (Wildman–Crippen MR) is 104 cm³/mol. The van der Waals surface area contributed by atoms with Crippen LogP contribution in [-0.2, 0) is 16.2 Å². The fourth-order valence-corrected chi connectivity index (χ4v) is 4.26. The van der Waals surface area contributed by atoms with Gasteiger partial charge >= 0.3 is 6.18 Å². The molecular weight excluding hydrogens is 437 g/mol. The van der Waals surface area contributed by atoms with Gasteiger partial charge in [-0.05, 0) is 33.9 Å². The molecule has 0 bridgehead atoms. The maximum atomic E-state index is 13.6. The summed E-state index contributed by atoms with van der Waals surface area (Å²) < 4.78 is 66.6. The maximum absolute atomic E-state index is 13.6. The van der Waals surface area contributed by atoms with Crippen molar-refractivity contribution < 1.29 is 21.6 Å². The van der Waals surface area contributed by atoms with E-state index >= 15 is 0 Å². The van der Waals surface area contributed by atoms with Crippen LogP contribution in [0.4, 0.5) is 13.2 Å². The van der Waals surface area contributed by atoms with Crippen LogP contribution in [0, 0.1) is 5.41 Å². The quantitative estimate of drug-likeness (QED) is 0.274. The fraction of sp³-hybridized carbons (Fsp3) is 0.0588. The van der Waals surface area contributed by atoms with Crippen molar-refractivity contribution in [2.45, 2.75) is 11.1 Å². The molecule has 4 rings (SSSR count). The van der Waals surface area contributed by atoms with Crippen LogP contribution in [0.15, 0.2) is 47.6 Å². The number of hydrogen-bond acceptors (Lipinski definition) is 6. The average Bonchev–Trinajstić information content (AvgIpc) is 3.34. The first-order valence-corrected chi connectivity index (χ1v) is 9.99. The molecule has 14 heteroatoms. The zero-order valence-corrected chi connectivity index (χ0v) is 16.2. The van der Waals surface area contributed by atoms with E-state index in [1.165, 1.54) is 4.57 Å². The summed E-state index contributed by atoms with van der Waals surface area (Å²) in [5, 5.41) is 26.8. The zero-order chi connectivity index (χ0) is 22.6. The summed E-state index contributed by atoms with van der Waals surface area (Å²) in [4.78, 5) is -1.15. The van der Waals surface area contributed by atoms with Crippen LogP contribution >= 0.6 is 0 Å². The van der Waals surface area contributed by atoms with Crippen LogP contribution in [0.1, 0.15) is 5.56 Å². The molecule has 2 heterocycles. The van der Waals surface area contributed by atoms with E-state index < -0.39 is 32.2 Å². The number of aromatic nitrogens is 5. The van der Waals surface area contributed by atoms with E-state index in [0.717, 1.165) is 6.07 Å². The number of sulfonamides is 1. The van der Waals surface area contributed by atoms with Crippen LogP contribution in [0.2, 0.25) is 0 Å². The number of primary sulfonamides is 1. The Balaban J connectivity index is 2.07. The van der Waals surface area contributed by atoms with Gasteiger partial charge in [-0.15, -0.1) is 10.2 Å². The Labute approximate surface area is 172 Å². The van der Waals surface area contributed by atoms with Crippen molar-refractivity contribution in [1.29, 1.82) is 5.41 Å². The molecule has 160 valence electrons.